The number of imidazole rings is 1. The maximum Gasteiger partial charge on any atom is 0.338 e. The smallest absolute Gasteiger partial charge is 0.338 e. The number of nitrogens with zero attached hydrogens (tertiary/aromatic N) is 2. The highest BCUT2D eigenvalue weighted by molar-refractivity contribution is 6.34. The predicted molar refractivity (Wildman–Crippen MR) is 98.4 cm³/mol. The average molecular weight is 375 g/mol. The molecule has 0 spiro atoms. The van der Waals surface area contributed by atoms with Gasteiger partial charge < -0.3 is 9.30 Å². The second-order valence-electron chi connectivity index (χ2n) is 5.57. The molecule has 0 aliphatic rings. The van der Waals surface area contributed by atoms with Crippen molar-refractivity contribution >= 4 is 29.2 Å². The molecule has 0 aliphatic carbocycles. The Morgan fingerprint density at radius 1 is 1.16 bits per heavy atom. The molecule has 128 valence electrons. The van der Waals surface area contributed by atoms with Crippen molar-refractivity contribution in [3.8, 4) is 0 Å². The van der Waals surface area contributed by atoms with E-state index in [9.17, 15) is 4.79 Å². The number of rotatable bonds is 5. The number of benzene rings is 2. The minimum Gasteiger partial charge on any atom is -0.465 e. The van der Waals surface area contributed by atoms with Gasteiger partial charge in [-0.3, -0.25) is 0 Å². The lowest BCUT2D eigenvalue weighted by atomic mass is 10.1. The summed E-state index contributed by atoms with van der Waals surface area (Å²) < 4.78 is 6.85. The molecule has 1 aromatic heterocycles. The monoisotopic (exact) mass is 374 g/mol. The summed E-state index contributed by atoms with van der Waals surface area (Å²) in [5, 5.41) is 1.19. The van der Waals surface area contributed by atoms with E-state index in [4.69, 9.17) is 27.9 Å². The first-order valence-corrected chi connectivity index (χ1v) is 8.43. The molecule has 0 bridgehead atoms. The maximum atomic E-state index is 11.9. The molecular weight excluding hydrogens is 359 g/mol. The van der Waals surface area contributed by atoms with E-state index in [2.05, 4.69) is 4.98 Å². The molecule has 1 heterocycles. The molecular formula is C19H16Cl2N2O2. The van der Waals surface area contributed by atoms with E-state index in [1.54, 1.807) is 18.3 Å². The summed E-state index contributed by atoms with van der Waals surface area (Å²) in [6, 6.07) is 12.8. The first-order chi connectivity index (χ1) is 12.1. The molecule has 0 fully saturated rings. The Hall–Kier alpha value is -2.30. The second kappa shape index (κ2) is 7.72. The molecule has 0 saturated heterocycles. The normalized spacial score (nSPS) is 10.7. The van der Waals surface area contributed by atoms with Crippen molar-refractivity contribution in [3.63, 3.8) is 0 Å². The highest BCUT2D eigenvalue weighted by Crippen LogP contribution is 2.21. The number of hydrogen-bond donors (Lipinski definition) is 0. The van der Waals surface area contributed by atoms with Crippen molar-refractivity contribution < 1.29 is 9.53 Å². The predicted octanol–water partition coefficient (Wildman–Crippen LogP) is 4.62. The quantitative estimate of drug-likeness (QED) is 0.612. The largest absolute Gasteiger partial charge is 0.465 e. The average Bonchev–Trinajstić information content (AvgIpc) is 3.00. The number of carbonyl (C=O) groups excluding carboxylic acids is 1. The summed E-state index contributed by atoms with van der Waals surface area (Å²) in [7, 11) is 1.38. The lowest BCUT2D eigenvalue weighted by Gasteiger charge is -2.11. The maximum absolute atomic E-state index is 11.9. The van der Waals surface area contributed by atoms with E-state index in [-0.39, 0.29) is 5.97 Å². The van der Waals surface area contributed by atoms with Gasteiger partial charge in [-0.25, -0.2) is 9.78 Å². The van der Waals surface area contributed by atoms with E-state index in [1.165, 1.54) is 7.11 Å². The lowest BCUT2D eigenvalue weighted by molar-refractivity contribution is 0.0599. The molecule has 0 N–H and O–H groups in total. The molecule has 6 heteroatoms. The molecule has 0 radical (unpaired) electrons. The second-order valence-corrected chi connectivity index (χ2v) is 6.45. The molecule has 0 atom stereocenters. The van der Waals surface area contributed by atoms with E-state index in [0.29, 0.717) is 28.6 Å². The Kier molecular flexibility index (Phi) is 5.41. The Bertz CT molecular complexity index is 886. The molecule has 2 aromatic carbocycles. The van der Waals surface area contributed by atoms with E-state index in [0.717, 1.165) is 17.0 Å². The fourth-order valence-corrected chi connectivity index (χ4v) is 3.27. The van der Waals surface area contributed by atoms with E-state index in [1.807, 2.05) is 41.1 Å². The zero-order valence-corrected chi connectivity index (χ0v) is 15.1. The Morgan fingerprint density at radius 3 is 2.60 bits per heavy atom. The number of ether oxygens (including phenoxy) is 1. The molecule has 0 unspecified atom stereocenters. The summed E-state index contributed by atoms with van der Waals surface area (Å²) in [5.41, 5.74) is 2.40. The van der Waals surface area contributed by atoms with Crippen LogP contribution < -0.4 is 0 Å². The molecule has 3 aromatic rings. The summed E-state index contributed by atoms with van der Waals surface area (Å²) in [4.78, 5) is 16.4. The fraction of sp³-hybridized carbons (Fsp3) is 0.158. The van der Waals surface area contributed by atoms with Crippen molar-refractivity contribution in [2.75, 3.05) is 7.11 Å². The highest BCUT2D eigenvalue weighted by atomic mass is 35.5. The summed E-state index contributed by atoms with van der Waals surface area (Å²) in [6.07, 6.45) is 4.21. The minimum atomic E-state index is -0.348. The van der Waals surface area contributed by atoms with Crippen LogP contribution in [-0.2, 0) is 17.7 Å². The van der Waals surface area contributed by atoms with Gasteiger partial charge >= 0.3 is 5.97 Å². The highest BCUT2D eigenvalue weighted by Gasteiger charge is 2.13. The van der Waals surface area contributed by atoms with Gasteiger partial charge in [0.25, 0.3) is 0 Å². The van der Waals surface area contributed by atoms with Gasteiger partial charge in [0.1, 0.15) is 5.82 Å². The van der Waals surface area contributed by atoms with Crippen LogP contribution in [0.5, 0.6) is 0 Å². The molecule has 0 amide bonds. The van der Waals surface area contributed by atoms with Crippen molar-refractivity contribution in [1.82, 2.24) is 9.55 Å². The number of hydrogen-bond acceptors (Lipinski definition) is 3. The van der Waals surface area contributed by atoms with Gasteiger partial charge in [-0.2, -0.15) is 0 Å². The molecule has 3 rings (SSSR count). The first-order valence-electron chi connectivity index (χ1n) is 7.68. The zero-order chi connectivity index (χ0) is 17.8. The lowest BCUT2D eigenvalue weighted by Crippen LogP contribution is -2.11. The van der Waals surface area contributed by atoms with Crippen molar-refractivity contribution in [3.05, 3.63) is 87.4 Å². The van der Waals surface area contributed by atoms with Gasteiger partial charge in [0.05, 0.1) is 12.7 Å². The number of esters is 1. The van der Waals surface area contributed by atoms with Crippen molar-refractivity contribution in [1.29, 1.82) is 0 Å². The van der Waals surface area contributed by atoms with Crippen LogP contribution >= 0.6 is 23.2 Å². The third kappa shape index (κ3) is 4.21. The molecule has 25 heavy (non-hydrogen) atoms. The first kappa shape index (κ1) is 17.5. The van der Waals surface area contributed by atoms with Gasteiger partial charge in [-0.05, 0) is 35.4 Å². The van der Waals surface area contributed by atoms with Crippen LogP contribution in [0.1, 0.15) is 27.3 Å². The number of halogens is 2. The van der Waals surface area contributed by atoms with Crippen LogP contribution in [0.15, 0.2) is 54.9 Å². The van der Waals surface area contributed by atoms with Crippen molar-refractivity contribution in [2.24, 2.45) is 0 Å². The fourth-order valence-electron chi connectivity index (χ4n) is 2.70. The third-order valence-corrected chi connectivity index (χ3v) is 4.29. The number of aromatic nitrogens is 2. The summed E-state index contributed by atoms with van der Waals surface area (Å²) in [6.45, 7) is 0.523. The standard InChI is InChI=1S/C19H16Cl2N2O2/c1-25-19(24)17-5-3-2-4-14(17)12-23-7-6-22-18(23)10-13-8-15(20)11-16(21)9-13/h2-9,11H,10,12H2,1H3. The summed E-state index contributed by atoms with van der Waals surface area (Å²) >= 11 is 12.1. The molecule has 0 saturated carbocycles. The van der Waals surface area contributed by atoms with Crippen LogP contribution in [0.3, 0.4) is 0 Å². The van der Waals surface area contributed by atoms with Gasteiger partial charge in [-0.15, -0.1) is 0 Å². The van der Waals surface area contributed by atoms with Crippen molar-refractivity contribution in [2.45, 2.75) is 13.0 Å². The Balaban J connectivity index is 1.87. The number of methoxy groups -OCH3 is 1. The van der Waals surface area contributed by atoms with Gasteiger partial charge in [0.15, 0.2) is 0 Å². The van der Waals surface area contributed by atoms with Crippen LogP contribution in [0, 0.1) is 0 Å². The topological polar surface area (TPSA) is 44.1 Å². The van der Waals surface area contributed by atoms with E-state index >= 15 is 0 Å². The summed E-state index contributed by atoms with van der Waals surface area (Å²) in [5.74, 6) is 0.511. The van der Waals surface area contributed by atoms with Gasteiger partial charge in [-0.1, -0.05) is 41.4 Å². The Morgan fingerprint density at radius 2 is 1.88 bits per heavy atom. The van der Waals surface area contributed by atoms with Crippen LogP contribution in [0.4, 0.5) is 0 Å². The zero-order valence-electron chi connectivity index (χ0n) is 13.6. The third-order valence-electron chi connectivity index (χ3n) is 3.85. The molecule has 4 nitrogen and oxygen atoms in total. The SMILES string of the molecule is COC(=O)c1ccccc1Cn1ccnc1Cc1cc(Cl)cc(Cl)c1. The Labute approximate surface area is 156 Å². The van der Waals surface area contributed by atoms with Crippen LogP contribution in [-0.4, -0.2) is 22.6 Å². The van der Waals surface area contributed by atoms with Gasteiger partial charge in [0.2, 0.25) is 0 Å². The minimum absolute atomic E-state index is 0.348. The van der Waals surface area contributed by atoms with E-state index < -0.39 is 0 Å². The van der Waals surface area contributed by atoms with Gasteiger partial charge in [0, 0.05) is 35.4 Å². The number of carbonyl (C=O) groups is 1. The molecule has 0 aliphatic heterocycles. The van der Waals surface area contributed by atoms with Crippen LogP contribution in [0.25, 0.3) is 0 Å². The van der Waals surface area contributed by atoms with Crippen LogP contribution in [0.2, 0.25) is 10.0 Å².